The van der Waals surface area contributed by atoms with Gasteiger partial charge in [0.05, 0.1) is 16.9 Å². The Morgan fingerprint density at radius 1 is 1.06 bits per heavy atom. The first-order valence-corrected chi connectivity index (χ1v) is 10.2. The van der Waals surface area contributed by atoms with Gasteiger partial charge in [-0.25, -0.2) is 15.6 Å². The van der Waals surface area contributed by atoms with Gasteiger partial charge in [0, 0.05) is 23.8 Å². The number of thiophene rings is 1. The van der Waals surface area contributed by atoms with Crippen molar-refractivity contribution in [2.24, 2.45) is 5.84 Å². The Kier molecular flexibility index (Phi) is 5.78. The molecular weight excluding hydrogens is 414 g/mol. The molecule has 5 N–H and O–H groups in total. The number of nitrogens with zero attached hydrogens (tertiary/aromatic N) is 2. The van der Waals surface area contributed by atoms with Crippen molar-refractivity contribution in [3.63, 3.8) is 0 Å². The van der Waals surface area contributed by atoms with Crippen LogP contribution in [0.5, 0.6) is 0 Å². The minimum absolute atomic E-state index is 0.257. The van der Waals surface area contributed by atoms with E-state index in [1.54, 1.807) is 18.3 Å². The highest BCUT2D eigenvalue weighted by Crippen LogP contribution is 2.26. The Hall–Kier alpha value is -3.95. The number of hydrazine groups is 1. The van der Waals surface area contributed by atoms with Crippen molar-refractivity contribution < 1.29 is 14.7 Å². The minimum atomic E-state index is -1.27. The number of anilines is 3. The number of aromatic nitrogens is 1. The third-order valence-electron chi connectivity index (χ3n) is 4.69. The lowest BCUT2D eigenvalue weighted by molar-refractivity contribution is 0.103. The van der Waals surface area contributed by atoms with E-state index in [1.807, 2.05) is 41.8 Å². The normalized spacial score (nSPS) is 10.6. The Balaban J connectivity index is 1.45. The van der Waals surface area contributed by atoms with E-state index < -0.39 is 6.09 Å². The third kappa shape index (κ3) is 4.47. The average Bonchev–Trinajstić information content (AvgIpc) is 3.26. The molecule has 2 amide bonds. The first-order chi connectivity index (χ1) is 15.0. The molecule has 2 aromatic carbocycles. The second-order valence-electron chi connectivity index (χ2n) is 6.66. The van der Waals surface area contributed by atoms with Gasteiger partial charge in [-0.15, -0.1) is 11.3 Å². The van der Waals surface area contributed by atoms with Gasteiger partial charge in [-0.3, -0.25) is 9.78 Å². The van der Waals surface area contributed by atoms with E-state index >= 15 is 0 Å². The van der Waals surface area contributed by atoms with E-state index in [2.05, 4.69) is 15.6 Å². The topological polar surface area (TPSA) is 121 Å². The maximum Gasteiger partial charge on any atom is 0.426 e. The van der Waals surface area contributed by atoms with Crippen LogP contribution in [-0.2, 0) is 6.54 Å². The van der Waals surface area contributed by atoms with Crippen LogP contribution in [0.25, 0.3) is 10.9 Å². The van der Waals surface area contributed by atoms with Crippen LogP contribution in [0.2, 0.25) is 0 Å². The van der Waals surface area contributed by atoms with E-state index in [0.29, 0.717) is 27.8 Å². The molecule has 0 spiro atoms. The zero-order chi connectivity index (χ0) is 21.8. The second kappa shape index (κ2) is 8.82. The number of benzene rings is 2. The summed E-state index contributed by atoms with van der Waals surface area (Å²) in [6, 6.07) is 18.0. The van der Waals surface area contributed by atoms with Crippen LogP contribution in [0.4, 0.5) is 21.9 Å². The Labute approximate surface area is 181 Å². The summed E-state index contributed by atoms with van der Waals surface area (Å²) in [6.07, 6.45) is 0.505. The van der Waals surface area contributed by atoms with Crippen molar-refractivity contribution in [3.8, 4) is 0 Å². The highest BCUT2D eigenvalue weighted by atomic mass is 32.1. The fourth-order valence-corrected chi connectivity index (χ4v) is 3.89. The monoisotopic (exact) mass is 433 g/mol. The molecule has 0 saturated heterocycles. The molecule has 0 fully saturated rings. The van der Waals surface area contributed by atoms with E-state index in [-0.39, 0.29) is 5.91 Å². The Morgan fingerprint density at radius 3 is 2.61 bits per heavy atom. The minimum Gasteiger partial charge on any atom is -0.464 e. The molecule has 156 valence electrons. The molecular formula is C22H19N5O3S. The number of para-hydroxylation sites is 1. The van der Waals surface area contributed by atoms with Gasteiger partial charge >= 0.3 is 6.09 Å². The number of rotatable bonds is 6. The molecule has 8 nitrogen and oxygen atoms in total. The molecule has 0 unspecified atom stereocenters. The van der Waals surface area contributed by atoms with Crippen molar-refractivity contribution >= 4 is 51.3 Å². The average molecular weight is 433 g/mol. The summed E-state index contributed by atoms with van der Waals surface area (Å²) in [5, 5.41) is 18.6. The van der Waals surface area contributed by atoms with Gasteiger partial charge in [-0.1, -0.05) is 18.2 Å². The quantitative estimate of drug-likeness (QED) is 0.202. The van der Waals surface area contributed by atoms with Crippen LogP contribution in [0.1, 0.15) is 15.2 Å². The lowest BCUT2D eigenvalue weighted by atomic mass is 10.1. The highest BCUT2D eigenvalue weighted by molar-refractivity contribution is 7.12. The molecule has 4 rings (SSSR count). The summed E-state index contributed by atoms with van der Waals surface area (Å²) in [4.78, 5) is 28.6. The van der Waals surface area contributed by atoms with Crippen LogP contribution < -0.4 is 21.5 Å². The molecule has 9 heteroatoms. The SMILES string of the molecule is NN(C(=O)O)c1ccc(NC(=O)c2sccc2NCc2ccnc3ccccc23)cc1. The first kappa shape index (κ1) is 20.3. The number of carbonyl (C=O) groups is 2. The number of carboxylic acid groups (broad SMARTS) is 1. The number of carbonyl (C=O) groups excluding carboxylic acids is 1. The van der Waals surface area contributed by atoms with Gasteiger partial charge in [0.1, 0.15) is 4.88 Å². The van der Waals surface area contributed by atoms with Crippen LogP contribution >= 0.6 is 11.3 Å². The summed E-state index contributed by atoms with van der Waals surface area (Å²) in [7, 11) is 0. The molecule has 0 aliphatic heterocycles. The van der Waals surface area contributed by atoms with E-state index in [9.17, 15) is 9.59 Å². The molecule has 0 atom stereocenters. The summed E-state index contributed by atoms with van der Waals surface area (Å²) in [5.74, 6) is 5.18. The number of hydrogen-bond acceptors (Lipinski definition) is 6. The molecule has 31 heavy (non-hydrogen) atoms. The Bertz CT molecular complexity index is 1230. The number of nitrogens with one attached hydrogen (secondary N) is 2. The number of amides is 2. The zero-order valence-corrected chi connectivity index (χ0v) is 17.1. The summed E-state index contributed by atoms with van der Waals surface area (Å²) in [6.45, 7) is 0.552. The smallest absolute Gasteiger partial charge is 0.426 e. The fraction of sp³-hybridized carbons (Fsp3) is 0.0455. The van der Waals surface area contributed by atoms with Crippen LogP contribution in [0, 0.1) is 0 Å². The van der Waals surface area contributed by atoms with Crippen LogP contribution in [-0.4, -0.2) is 22.1 Å². The standard InChI is InChI=1S/C22H19N5O3S/c23-27(22(29)30)16-7-5-15(6-8-16)26-21(28)20-19(10-12-31-20)25-13-14-9-11-24-18-4-2-1-3-17(14)18/h1-12,25H,13,23H2,(H,26,28)(H,29,30). The maximum absolute atomic E-state index is 12.8. The molecule has 0 radical (unpaired) electrons. The van der Waals surface area contributed by atoms with Gasteiger partial charge in [-0.2, -0.15) is 0 Å². The van der Waals surface area contributed by atoms with Crippen molar-refractivity contribution in [3.05, 3.63) is 82.7 Å². The number of hydrogen-bond donors (Lipinski definition) is 4. The van der Waals surface area contributed by atoms with Crippen LogP contribution in [0.15, 0.2) is 72.2 Å². The largest absolute Gasteiger partial charge is 0.464 e. The summed E-state index contributed by atoms with van der Waals surface area (Å²) < 4.78 is 0. The van der Waals surface area contributed by atoms with E-state index in [1.165, 1.54) is 23.5 Å². The maximum atomic E-state index is 12.8. The molecule has 0 aliphatic carbocycles. The second-order valence-corrected chi connectivity index (χ2v) is 7.57. The van der Waals surface area contributed by atoms with Crippen molar-refractivity contribution in [2.75, 3.05) is 15.6 Å². The fourth-order valence-electron chi connectivity index (χ4n) is 3.13. The first-order valence-electron chi connectivity index (χ1n) is 9.36. The summed E-state index contributed by atoms with van der Waals surface area (Å²) in [5.41, 5.74) is 3.58. The number of nitrogens with two attached hydrogens (primary N) is 1. The van der Waals surface area contributed by atoms with E-state index in [4.69, 9.17) is 10.9 Å². The summed E-state index contributed by atoms with van der Waals surface area (Å²) >= 11 is 1.33. The number of fused-ring (bicyclic) bond motifs is 1. The molecule has 2 heterocycles. The highest BCUT2D eigenvalue weighted by Gasteiger charge is 2.15. The molecule has 0 saturated carbocycles. The van der Waals surface area contributed by atoms with Gasteiger partial charge in [0.2, 0.25) is 0 Å². The van der Waals surface area contributed by atoms with Gasteiger partial charge in [-0.05, 0) is 53.4 Å². The number of pyridine rings is 1. The predicted molar refractivity (Wildman–Crippen MR) is 122 cm³/mol. The predicted octanol–water partition coefficient (Wildman–Crippen LogP) is 4.52. The van der Waals surface area contributed by atoms with Crippen molar-refractivity contribution in [1.82, 2.24) is 4.98 Å². The van der Waals surface area contributed by atoms with Crippen molar-refractivity contribution in [2.45, 2.75) is 6.54 Å². The Morgan fingerprint density at radius 2 is 1.84 bits per heavy atom. The van der Waals surface area contributed by atoms with Gasteiger partial charge in [0.25, 0.3) is 5.91 Å². The lowest BCUT2D eigenvalue weighted by Gasteiger charge is -2.13. The van der Waals surface area contributed by atoms with Gasteiger partial charge in [0.15, 0.2) is 0 Å². The van der Waals surface area contributed by atoms with Gasteiger partial charge < -0.3 is 15.7 Å². The molecule has 4 aromatic rings. The van der Waals surface area contributed by atoms with Crippen LogP contribution in [0.3, 0.4) is 0 Å². The third-order valence-corrected chi connectivity index (χ3v) is 5.60. The lowest BCUT2D eigenvalue weighted by Crippen LogP contribution is -2.35. The molecule has 0 aliphatic rings. The molecule has 0 bridgehead atoms. The van der Waals surface area contributed by atoms with E-state index in [0.717, 1.165) is 22.2 Å². The van der Waals surface area contributed by atoms with Crippen molar-refractivity contribution in [1.29, 1.82) is 0 Å². The zero-order valence-electron chi connectivity index (χ0n) is 16.3. The molecule has 2 aromatic heterocycles.